The monoisotopic (exact) mass is 209 g/mol. The molecule has 1 aromatic heterocycles. The number of nitrogen functional groups attached to an aromatic ring is 1. The first-order chi connectivity index (χ1) is 7.15. The Morgan fingerprint density at radius 3 is 2.87 bits per heavy atom. The van der Waals surface area contributed by atoms with Crippen molar-refractivity contribution >= 4 is 5.69 Å². The molecule has 15 heavy (non-hydrogen) atoms. The molecule has 1 aromatic rings. The largest absolute Gasteiger partial charge is 0.397 e. The molecule has 0 saturated heterocycles. The van der Waals surface area contributed by atoms with Crippen molar-refractivity contribution in [2.24, 2.45) is 5.11 Å². The van der Waals surface area contributed by atoms with Crippen LogP contribution in [0, 0.1) is 0 Å². The Morgan fingerprint density at radius 1 is 1.53 bits per heavy atom. The van der Waals surface area contributed by atoms with Crippen LogP contribution >= 0.6 is 0 Å². The highest BCUT2D eigenvalue weighted by Crippen LogP contribution is 2.18. The van der Waals surface area contributed by atoms with Gasteiger partial charge in [-0.3, -0.25) is 4.98 Å². The lowest BCUT2D eigenvalue weighted by molar-refractivity contribution is 0.0242. The molecule has 7 nitrogen and oxygen atoms in total. The minimum absolute atomic E-state index is 0.202. The second kappa shape index (κ2) is 5.16. The van der Waals surface area contributed by atoms with E-state index in [-0.39, 0.29) is 6.54 Å². The van der Waals surface area contributed by atoms with Crippen molar-refractivity contribution in [1.29, 1.82) is 0 Å². The van der Waals surface area contributed by atoms with Crippen LogP contribution in [0.1, 0.15) is 11.7 Å². The molecule has 0 aliphatic carbocycles. The van der Waals surface area contributed by atoms with Gasteiger partial charge >= 0.3 is 0 Å². The maximum Gasteiger partial charge on any atom is 0.107 e. The van der Waals surface area contributed by atoms with Crippen LogP contribution in [0.25, 0.3) is 10.4 Å². The molecular formula is C8H11N5O2. The lowest BCUT2D eigenvalue weighted by atomic mass is 10.1. The summed E-state index contributed by atoms with van der Waals surface area (Å²) in [5.41, 5.74) is 14.3. The second-order valence-corrected chi connectivity index (χ2v) is 2.98. The molecule has 0 aromatic carbocycles. The Labute approximate surface area is 85.8 Å². The van der Waals surface area contributed by atoms with E-state index in [1.807, 2.05) is 0 Å². The average molecular weight is 209 g/mol. The van der Waals surface area contributed by atoms with Gasteiger partial charge in [0.15, 0.2) is 0 Å². The first-order valence-electron chi connectivity index (χ1n) is 4.22. The highest BCUT2D eigenvalue weighted by atomic mass is 16.3. The number of aliphatic hydroxyl groups is 2. The summed E-state index contributed by atoms with van der Waals surface area (Å²) in [7, 11) is 0. The summed E-state index contributed by atoms with van der Waals surface area (Å²) in [5, 5.41) is 22.2. The van der Waals surface area contributed by atoms with Crippen molar-refractivity contribution in [2.75, 3.05) is 12.3 Å². The zero-order chi connectivity index (χ0) is 11.3. The minimum Gasteiger partial charge on any atom is -0.397 e. The van der Waals surface area contributed by atoms with Gasteiger partial charge in [0.25, 0.3) is 0 Å². The van der Waals surface area contributed by atoms with Crippen molar-refractivity contribution in [3.63, 3.8) is 0 Å². The van der Waals surface area contributed by atoms with Gasteiger partial charge in [-0.05, 0) is 11.6 Å². The van der Waals surface area contributed by atoms with E-state index in [9.17, 15) is 10.2 Å². The maximum absolute atomic E-state index is 9.61. The smallest absolute Gasteiger partial charge is 0.107 e. The SMILES string of the molecule is [N-]=[N+]=NCC(O)C(O)c1cncc(N)c1. The first-order valence-corrected chi connectivity index (χ1v) is 4.22. The molecule has 0 fully saturated rings. The number of azide groups is 1. The Hall–Kier alpha value is -1.82. The number of nitrogens with two attached hydrogens (primary N) is 1. The van der Waals surface area contributed by atoms with Gasteiger partial charge in [0.2, 0.25) is 0 Å². The zero-order valence-corrected chi connectivity index (χ0v) is 7.85. The van der Waals surface area contributed by atoms with E-state index in [0.29, 0.717) is 11.3 Å². The third-order valence-electron chi connectivity index (χ3n) is 1.82. The summed E-state index contributed by atoms with van der Waals surface area (Å²) in [6.07, 6.45) is 0.493. The van der Waals surface area contributed by atoms with Crippen LogP contribution in [-0.2, 0) is 0 Å². The molecule has 0 bridgehead atoms. The highest BCUT2D eigenvalue weighted by Gasteiger charge is 2.17. The summed E-state index contributed by atoms with van der Waals surface area (Å²) in [6.45, 7) is -0.202. The molecular weight excluding hydrogens is 198 g/mol. The predicted octanol–water partition coefficient (Wildman–Crippen LogP) is 0.368. The number of anilines is 1. The van der Waals surface area contributed by atoms with Crippen molar-refractivity contribution in [1.82, 2.24) is 4.98 Å². The van der Waals surface area contributed by atoms with E-state index in [1.165, 1.54) is 18.5 Å². The first kappa shape index (κ1) is 11.3. The van der Waals surface area contributed by atoms with Gasteiger partial charge in [-0.1, -0.05) is 5.11 Å². The van der Waals surface area contributed by atoms with Crippen LogP contribution < -0.4 is 5.73 Å². The van der Waals surface area contributed by atoms with Gasteiger partial charge in [-0.25, -0.2) is 0 Å². The van der Waals surface area contributed by atoms with Crippen LogP contribution in [0.4, 0.5) is 5.69 Å². The normalized spacial score (nSPS) is 14.0. The molecule has 0 amide bonds. The van der Waals surface area contributed by atoms with Crippen LogP contribution in [-0.4, -0.2) is 27.8 Å². The van der Waals surface area contributed by atoms with Crippen molar-refractivity contribution < 1.29 is 10.2 Å². The second-order valence-electron chi connectivity index (χ2n) is 2.98. The molecule has 0 aliphatic rings. The fraction of sp³-hybridized carbons (Fsp3) is 0.375. The Balaban J connectivity index is 2.75. The Kier molecular flexibility index (Phi) is 3.87. The molecule has 2 atom stereocenters. The van der Waals surface area contributed by atoms with E-state index in [4.69, 9.17) is 11.3 Å². The Bertz CT molecular complexity index is 377. The summed E-state index contributed by atoms with van der Waals surface area (Å²) in [4.78, 5) is 6.25. The maximum atomic E-state index is 9.61. The van der Waals surface area contributed by atoms with E-state index >= 15 is 0 Å². The van der Waals surface area contributed by atoms with Crippen molar-refractivity contribution in [3.05, 3.63) is 34.5 Å². The molecule has 0 spiro atoms. The van der Waals surface area contributed by atoms with Gasteiger partial charge in [0.1, 0.15) is 6.10 Å². The minimum atomic E-state index is -1.16. The number of nitrogens with zero attached hydrogens (tertiary/aromatic N) is 4. The fourth-order valence-electron chi connectivity index (χ4n) is 1.08. The van der Waals surface area contributed by atoms with E-state index < -0.39 is 12.2 Å². The van der Waals surface area contributed by atoms with Crippen molar-refractivity contribution in [3.8, 4) is 0 Å². The van der Waals surface area contributed by atoms with E-state index in [2.05, 4.69) is 15.0 Å². The van der Waals surface area contributed by atoms with E-state index in [0.717, 1.165) is 0 Å². The summed E-state index contributed by atoms with van der Waals surface area (Å²) in [5.74, 6) is 0. The molecule has 1 rings (SSSR count). The van der Waals surface area contributed by atoms with Gasteiger partial charge in [-0.2, -0.15) is 0 Å². The van der Waals surface area contributed by atoms with Crippen LogP contribution in [0.3, 0.4) is 0 Å². The van der Waals surface area contributed by atoms with Crippen LogP contribution in [0.15, 0.2) is 23.6 Å². The summed E-state index contributed by atoms with van der Waals surface area (Å²) >= 11 is 0. The molecule has 0 radical (unpaired) electrons. The molecule has 7 heteroatoms. The number of rotatable bonds is 4. The van der Waals surface area contributed by atoms with Gasteiger partial charge in [0.05, 0.1) is 18.3 Å². The lowest BCUT2D eigenvalue weighted by Gasteiger charge is -2.15. The molecule has 80 valence electrons. The summed E-state index contributed by atoms with van der Waals surface area (Å²) in [6, 6.07) is 1.50. The van der Waals surface area contributed by atoms with Gasteiger partial charge in [-0.15, -0.1) is 0 Å². The molecule has 4 N–H and O–H groups in total. The number of pyridine rings is 1. The van der Waals surface area contributed by atoms with Crippen LogP contribution in [0.5, 0.6) is 0 Å². The number of aromatic nitrogens is 1. The standard InChI is InChI=1S/C8H11N5O2/c9-6-1-5(2-11-3-6)8(15)7(14)4-12-13-10/h1-3,7-8,14-15H,4,9H2. The van der Waals surface area contributed by atoms with Gasteiger partial charge < -0.3 is 15.9 Å². The lowest BCUT2D eigenvalue weighted by Crippen LogP contribution is -2.21. The summed E-state index contributed by atoms with van der Waals surface area (Å²) < 4.78 is 0. The number of aliphatic hydroxyl groups excluding tert-OH is 2. The third-order valence-corrected chi connectivity index (χ3v) is 1.82. The number of hydrogen-bond acceptors (Lipinski definition) is 5. The number of hydrogen-bond donors (Lipinski definition) is 3. The molecule has 2 unspecified atom stereocenters. The van der Waals surface area contributed by atoms with Crippen molar-refractivity contribution in [2.45, 2.75) is 12.2 Å². The fourth-order valence-corrected chi connectivity index (χ4v) is 1.08. The molecule has 1 heterocycles. The Morgan fingerprint density at radius 2 is 2.27 bits per heavy atom. The predicted molar refractivity (Wildman–Crippen MR) is 53.6 cm³/mol. The topological polar surface area (TPSA) is 128 Å². The molecule has 0 saturated carbocycles. The van der Waals surface area contributed by atoms with Crippen LogP contribution in [0.2, 0.25) is 0 Å². The zero-order valence-electron chi connectivity index (χ0n) is 7.85. The van der Waals surface area contributed by atoms with Gasteiger partial charge in [0, 0.05) is 22.9 Å². The average Bonchev–Trinajstić information content (AvgIpc) is 2.24. The quantitative estimate of drug-likeness (QED) is 0.375. The van der Waals surface area contributed by atoms with E-state index in [1.54, 1.807) is 0 Å². The third kappa shape index (κ3) is 3.10. The molecule has 0 aliphatic heterocycles. The highest BCUT2D eigenvalue weighted by molar-refractivity contribution is 5.37.